The van der Waals surface area contributed by atoms with Gasteiger partial charge in [0.05, 0.1) is 29.4 Å². The molecule has 5 rings (SSSR count). The van der Waals surface area contributed by atoms with Crippen molar-refractivity contribution in [2.45, 2.75) is 13.5 Å². The summed E-state index contributed by atoms with van der Waals surface area (Å²) in [6, 6.07) is 16.8. The molecule has 5 aromatic rings. The Hall–Kier alpha value is -4.40. The number of aromatic nitrogens is 4. The molecule has 0 aliphatic rings. The largest absolute Gasteiger partial charge is 0.496 e. The normalized spacial score (nSPS) is 11.1. The molecular weight excluding hydrogens is 435 g/mol. The molecule has 3 heterocycles. The molecule has 3 N–H and O–H groups in total. The number of ether oxygens (including phenoxy) is 1. The Bertz CT molecular complexity index is 1460. The van der Waals surface area contributed by atoms with Crippen LogP contribution in [0, 0.1) is 12.7 Å². The second kappa shape index (κ2) is 8.86. The summed E-state index contributed by atoms with van der Waals surface area (Å²) in [5, 5.41) is 7.53. The Balaban J connectivity index is 1.30. The third-order valence-electron chi connectivity index (χ3n) is 5.76. The van der Waals surface area contributed by atoms with Crippen molar-refractivity contribution in [3.63, 3.8) is 0 Å². The number of benzene rings is 2. The van der Waals surface area contributed by atoms with Crippen LogP contribution >= 0.6 is 0 Å². The van der Waals surface area contributed by atoms with Crippen LogP contribution in [0.1, 0.15) is 5.69 Å². The van der Waals surface area contributed by atoms with Gasteiger partial charge < -0.3 is 24.9 Å². The molecule has 9 heteroatoms. The van der Waals surface area contributed by atoms with Gasteiger partial charge in [-0.25, -0.2) is 14.4 Å². The van der Waals surface area contributed by atoms with Crippen molar-refractivity contribution in [2.24, 2.45) is 0 Å². The van der Waals surface area contributed by atoms with Crippen LogP contribution in [0.2, 0.25) is 0 Å². The van der Waals surface area contributed by atoms with Crippen molar-refractivity contribution in [2.75, 3.05) is 24.7 Å². The Labute approximate surface area is 195 Å². The molecule has 0 atom stereocenters. The van der Waals surface area contributed by atoms with E-state index in [1.165, 1.54) is 6.33 Å². The van der Waals surface area contributed by atoms with Gasteiger partial charge in [0.15, 0.2) is 17.4 Å². The molecular formula is C25H23FN6O2. The van der Waals surface area contributed by atoms with E-state index in [-0.39, 0.29) is 5.82 Å². The van der Waals surface area contributed by atoms with Crippen LogP contribution in [-0.2, 0) is 6.54 Å². The van der Waals surface area contributed by atoms with Gasteiger partial charge in [0.25, 0.3) is 0 Å². The lowest BCUT2D eigenvalue weighted by Crippen LogP contribution is -2.12. The summed E-state index contributed by atoms with van der Waals surface area (Å²) in [6.07, 6.45) is 1.52. The molecule has 0 aliphatic carbocycles. The fraction of sp³-hybridized carbons (Fsp3) is 0.160. The maximum atomic E-state index is 14.8. The average Bonchev–Trinajstić information content (AvgIpc) is 3.41. The number of anilines is 2. The minimum Gasteiger partial charge on any atom is -0.496 e. The van der Waals surface area contributed by atoms with Gasteiger partial charge in [-0.15, -0.1) is 0 Å². The Morgan fingerprint density at radius 3 is 2.62 bits per heavy atom. The van der Waals surface area contributed by atoms with E-state index in [2.05, 4.69) is 20.4 Å². The van der Waals surface area contributed by atoms with Crippen molar-refractivity contribution in [1.29, 1.82) is 0 Å². The zero-order chi connectivity index (χ0) is 23.7. The number of nitrogens with zero attached hydrogens (tertiary/aromatic N) is 4. The van der Waals surface area contributed by atoms with Gasteiger partial charge in [0.1, 0.15) is 17.9 Å². The summed E-state index contributed by atoms with van der Waals surface area (Å²) in [4.78, 5) is 8.70. The summed E-state index contributed by atoms with van der Waals surface area (Å²) < 4.78 is 27.3. The number of nitrogens with two attached hydrogens (primary N) is 1. The average molecular weight is 458 g/mol. The number of methoxy groups -OCH3 is 1. The maximum absolute atomic E-state index is 14.8. The second-order valence-electron chi connectivity index (χ2n) is 7.81. The number of halogens is 1. The smallest absolute Gasteiger partial charge is 0.169 e. The minimum absolute atomic E-state index is 0.256. The van der Waals surface area contributed by atoms with E-state index in [1.54, 1.807) is 26.2 Å². The van der Waals surface area contributed by atoms with E-state index in [0.29, 0.717) is 47.3 Å². The van der Waals surface area contributed by atoms with E-state index in [0.717, 1.165) is 22.3 Å². The molecule has 0 spiro atoms. The second-order valence-corrected chi connectivity index (χ2v) is 7.81. The van der Waals surface area contributed by atoms with Crippen LogP contribution in [0.3, 0.4) is 0 Å². The third kappa shape index (κ3) is 3.92. The molecule has 2 aromatic carbocycles. The number of nitrogen functional groups attached to an aromatic ring is 1. The highest BCUT2D eigenvalue weighted by molar-refractivity contribution is 5.88. The van der Waals surface area contributed by atoms with Gasteiger partial charge in [-0.2, -0.15) is 0 Å². The lowest BCUT2D eigenvalue weighted by Gasteiger charge is -2.11. The van der Waals surface area contributed by atoms with Gasteiger partial charge in [-0.3, -0.25) is 0 Å². The fourth-order valence-electron chi connectivity index (χ4n) is 4.04. The topological polar surface area (TPSA) is 104 Å². The van der Waals surface area contributed by atoms with Crippen LogP contribution in [-0.4, -0.2) is 33.3 Å². The molecule has 34 heavy (non-hydrogen) atoms. The van der Waals surface area contributed by atoms with Crippen LogP contribution in [0.5, 0.6) is 5.75 Å². The molecule has 8 nitrogen and oxygen atoms in total. The predicted octanol–water partition coefficient (Wildman–Crippen LogP) is 4.90. The quantitative estimate of drug-likeness (QED) is 0.357. The zero-order valence-corrected chi connectivity index (χ0v) is 18.7. The molecule has 0 saturated heterocycles. The summed E-state index contributed by atoms with van der Waals surface area (Å²) in [6.45, 7) is 2.89. The fourth-order valence-corrected chi connectivity index (χ4v) is 4.04. The highest BCUT2D eigenvalue weighted by Crippen LogP contribution is 2.32. The Morgan fingerprint density at radius 2 is 1.88 bits per heavy atom. The lowest BCUT2D eigenvalue weighted by atomic mass is 10.1. The molecule has 172 valence electrons. The van der Waals surface area contributed by atoms with Crippen molar-refractivity contribution < 1.29 is 13.7 Å². The van der Waals surface area contributed by atoms with Gasteiger partial charge in [-0.05, 0) is 19.1 Å². The van der Waals surface area contributed by atoms with Crippen molar-refractivity contribution in [1.82, 2.24) is 19.7 Å². The molecule has 0 bridgehead atoms. The van der Waals surface area contributed by atoms with E-state index in [1.807, 2.05) is 47.0 Å². The highest BCUT2D eigenvalue weighted by atomic mass is 19.1. The number of hydrogen-bond acceptors (Lipinski definition) is 7. The van der Waals surface area contributed by atoms with Crippen LogP contribution in [0.4, 0.5) is 16.0 Å². The summed E-state index contributed by atoms with van der Waals surface area (Å²) in [5.74, 6) is 1.91. The van der Waals surface area contributed by atoms with Crippen molar-refractivity contribution in [3.05, 3.63) is 72.4 Å². The first-order valence-electron chi connectivity index (χ1n) is 10.8. The van der Waals surface area contributed by atoms with Crippen molar-refractivity contribution >= 4 is 22.5 Å². The molecule has 3 aromatic heterocycles. The first-order chi connectivity index (χ1) is 16.5. The highest BCUT2D eigenvalue weighted by Gasteiger charge is 2.17. The Kier molecular flexibility index (Phi) is 5.59. The molecule has 0 fully saturated rings. The van der Waals surface area contributed by atoms with E-state index in [9.17, 15) is 4.39 Å². The van der Waals surface area contributed by atoms with Crippen LogP contribution in [0.25, 0.3) is 33.5 Å². The van der Waals surface area contributed by atoms with Gasteiger partial charge >= 0.3 is 0 Å². The lowest BCUT2D eigenvalue weighted by molar-refractivity contribution is 0.418. The zero-order valence-electron chi connectivity index (χ0n) is 18.7. The summed E-state index contributed by atoms with van der Waals surface area (Å²) in [7, 11) is 1.55. The van der Waals surface area contributed by atoms with E-state index >= 15 is 0 Å². The minimum atomic E-state index is -0.256. The van der Waals surface area contributed by atoms with Gasteiger partial charge in [0, 0.05) is 36.3 Å². The third-order valence-corrected chi connectivity index (χ3v) is 5.76. The summed E-state index contributed by atoms with van der Waals surface area (Å²) in [5.41, 5.74) is 9.58. The molecule has 0 saturated carbocycles. The number of nitrogens with one attached hydrogen (secondary N) is 1. The standard InChI is InChI=1S/C25H23FN6O2/c1-15-25(26)24-19(4-3-5-20(24)33-2)32(15)11-10-28-23-12-18(29-14-30-23)16-6-8-17(9-7-16)21-13-22(27)31-34-21/h3-9,12-14H,10-11H2,1-2H3,(H2,27,31)(H,28,29,30). The number of rotatable bonds is 7. The van der Waals surface area contributed by atoms with Crippen LogP contribution < -0.4 is 15.8 Å². The van der Waals surface area contributed by atoms with Gasteiger partial charge in [0.2, 0.25) is 0 Å². The number of hydrogen-bond donors (Lipinski definition) is 2. The number of fused-ring (bicyclic) bond motifs is 1. The maximum Gasteiger partial charge on any atom is 0.169 e. The van der Waals surface area contributed by atoms with E-state index in [4.69, 9.17) is 15.0 Å². The van der Waals surface area contributed by atoms with Gasteiger partial charge in [-0.1, -0.05) is 35.5 Å². The summed E-state index contributed by atoms with van der Waals surface area (Å²) >= 11 is 0. The Morgan fingerprint density at radius 1 is 1.09 bits per heavy atom. The van der Waals surface area contributed by atoms with Crippen LogP contribution in [0.15, 0.2) is 65.4 Å². The van der Waals surface area contributed by atoms with E-state index < -0.39 is 0 Å². The SMILES string of the molecule is COc1cccc2c1c(F)c(C)n2CCNc1cc(-c2ccc(-c3cc(N)no3)cc2)ncn1. The molecule has 0 aliphatic heterocycles. The monoisotopic (exact) mass is 458 g/mol. The molecule has 0 amide bonds. The molecule has 0 radical (unpaired) electrons. The first kappa shape index (κ1) is 21.4. The molecule has 0 unspecified atom stereocenters. The van der Waals surface area contributed by atoms with Crippen molar-refractivity contribution in [3.8, 4) is 28.3 Å². The predicted molar refractivity (Wildman–Crippen MR) is 129 cm³/mol. The first-order valence-corrected chi connectivity index (χ1v) is 10.8.